The third-order valence-corrected chi connectivity index (χ3v) is 4.11. The number of hydrogen-bond donors (Lipinski definition) is 2. The van der Waals surface area contributed by atoms with E-state index in [9.17, 15) is 4.79 Å². The van der Waals surface area contributed by atoms with Crippen LogP contribution in [-0.4, -0.2) is 10.9 Å². The number of amides is 1. The zero-order valence-corrected chi connectivity index (χ0v) is 12.6. The van der Waals surface area contributed by atoms with Crippen LogP contribution < -0.4 is 5.32 Å². The molecule has 18 heavy (non-hydrogen) atoms. The van der Waals surface area contributed by atoms with Crippen LogP contribution in [-0.2, 0) is 0 Å². The molecule has 0 aliphatic carbocycles. The molecule has 2 rings (SSSR count). The van der Waals surface area contributed by atoms with Crippen LogP contribution in [0.4, 0.5) is 0 Å². The molecule has 0 saturated carbocycles. The zero-order valence-electron chi connectivity index (χ0n) is 10.2. The van der Waals surface area contributed by atoms with Gasteiger partial charge in [0.1, 0.15) is 5.69 Å². The number of H-pyrrole nitrogens is 1. The molecule has 2 aromatic heterocycles. The molecule has 0 radical (unpaired) electrons. The number of hydrogen-bond acceptors (Lipinski definition) is 2. The van der Waals surface area contributed by atoms with Crippen molar-refractivity contribution in [3.8, 4) is 0 Å². The van der Waals surface area contributed by atoms with E-state index in [1.807, 2.05) is 11.4 Å². The van der Waals surface area contributed by atoms with Crippen LogP contribution >= 0.6 is 27.3 Å². The van der Waals surface area contributed by atoms with Crippen molar-refractivity contribution in [2.45, 2.75) is 19.9 Å². The van der Waals surface area contributed by atoms with Crippen molar-refractivity contribution in [1.29, 1.82) is 0 Å². The van der Waals surface area contributed by atoms with Crippen molar-refractivity contribution >= 4 is 33.2 Å². The second-order valence-electron chi connectivity index (χ2n) is 4.44. The molecule has 0 spiro atoms. The van der Waals surface area contributed by atoms with Crippen molar-refractivity contribution in [3.63, 3.8) is 0 Å². The van der Waals surface area contributed by atoms with E-state index >= 15 is 0 Å². The molecule has 2 N–H and O–H groups in total. The summed E-state index contributed by atoms with van der Waals surface area (Å²) in [5.74, 6) is 0.277. The molecule has 1 amide bonds. The topological polar surface area (TPSA) is 44.9 Å². The molecule has 5 heteroatoms. The van der Waals surface area contributed by atoms with Gasteiger partial charge in [0.25, 0.3) is 5.91 Å². The molecule has 0 aromatic carbocycles. The standard InChI is InChI=1S/C13H15BrN2OS/c1-8(2)12(11-4-3-5-18-11)16-13(17)10-6-9(14)7-15-10/h3-8,12,15H,1-2H3,(H,16,17). The smallest absolute Gasteiger partial charge is 0.268 e. The van der Waals surface area contributed by atoms with Gasteiger partial charge in [-0.15, -0.1) is 11.3 Å². The molecule has 2 aromatic rings. The van der Waals surface area contributed by atoms with Gasteiger partial charge in [-0.05, 0) is 39.4 Å². The maximum atomic E-state index is 12.1. The first-order valence-corrected chi connectivity index (χ1v) is 7.43. The normalized spacial score (nSPS) is 12.7. The minimum absolute atomic E-state index is 0.0552. The van der Waals surface area contributed by atoms with Gasteiger partial charge in [0.15, 0.2) is 0 Å². The molecule has 2 heterocycles. The molecule has 0 fully saturated rings. The number of halogens is 1. The summed E-state index contributed by atoms with van der Waals surface area (Å²) >= 11 is 4.99. The number of aromatic amines is 1. The van der Waals surface area contributed by atoms with Crippen molar-refractivity contribution in [1.82, 2.24) is 10.3 Å². The first-order valence-electron chi connectivity index (χ1n) is 5.76. The van der Waals surface area contributed by atoms with Gasteiger partial charge in [0.2, 0.25) is 0 Å². The second-order valence-corrected chi connectivity index (χ2v) is 6.34. The second kappa shape index (κ2) is 5.71. The van der Waals surface area contributed by atoms with E-state index in [-0.39, 0.29) is 11.9 Å². The Morgan fingerprint density at radius 2 is 2.28 bits per heavy atom. The number of rotatable bonds is 4. The highest BCUT2D eigenvalue weighted by Gasteiger charge is 2.20. The van der Waals surface area contributed by atoms with E-state index in [1.54, 1.807) is 23.6 Å². The van der Waals surface area contributed by atoms with Crippen LogP contribution in [0.15, 0.2) is 34.2 Å². The Kier molecular flexibility index (Phi) is 4.24. The van der Waals surface area contributed by atoms with E-state index in [0.717, 1.165) is 4.47 Å². The van der Waals surface area contributed by atoms with Gasteiger partial charge in [-0.25, -0.2) is 0 Å². The third kappa shape index (κ3) is 3.03. The minimum atomic E-state index is -0.0761. The first kappa shape index (κ1) is 13.4. The van der Waals surface area contributed by atoms with Crippen molar-refractivity contribution < 1.29 is 4.79 Å². The Morgan fingerprint density at radius 3 is 2.78 bits per heavy atom. The van der Waals surface area contributed by atoms with Crippen molar-refractivity contribution in [3.05, 3.63) is 44.8 Å². The molecule has 1 atom stereocenters. The molecule has 3 nitrogen and oxygen atoms in total. The van der Waals surface area contributed by atoms with Gasteiger partial charge in [-0.1, -0.05) is 19.9 Å². The van der Waals surface area contributed by atoms with Gasteiger partial charge in [-0.3, -0.25) is 4.79 Å². The van der Waals surface area contributed by atoms with Crippen LogP contribution in [0.3, 0.4) is 0 Å². The fourth-order valence-electron chi connectivity index (χ4n) is 1.75. The SMILES string of the molecule is CC(C)C(NC(=O)c1cc(Br)c[nH]1)c1cccs1. The zero-order chi connectivity index (χ0) is 13.1. The minimum Gasteiger partial charge on any atom is -0.356 e. The summed E-state index contributed by atoms with van der Waals surface area (Å²) in [6, 6.07) is 5.90. The van der Waals surface area contributed by atoms with Gasteiger partial charge in [-0.2, -0.15) is 0 Å². The average Bonchev–Trinajstić information content (AvgIpc) is 2.95. The van der Waals surface area contributed by atoms with E-state index in [2.05, 4.69) is 46.1 Å². The fraction of sp³-hybridized carbons (Fsp3) is 0.308. The number of nitrogens with one attached hydrogen (secondary N) is 2. The Balaban J connectivity index is 2.13. The maximum absolute atomic E-state index is 12.1. The molecule has 0 aliphatic heterocycles. The highest BCUT2D eigenvalue weighted by atomic mass is 79.9. The van der Waals surface area contributed by atoms with E-state index in [4.69, 9.17) is 0 Å². The molecule has 0 bridgehead atoms. The quantitative estimate of drug-likeness (QED) is 0.877. The Hall–Kier alpha value is -1.07. The van der Waals surface area contributed by atoms with Crippen LogP contribution in [0.25, 0.3) is 0 Å². The summed E-state index contributed by atoms with van der Waals surface area (Å²) in [5.41, 5.74) is 0.573. The predicted octanol–water partition coefficient (Wildman–Crippen LogP) is 3.97. The Bertz CT molecular complexity index is 519. The van der Waals surface area contributed by atoms with E-state index < -0.39 is 0 Å². The Morgan fingerprint density at radius 1 is 1.50 bits per heavy atom. The third-order valence-electron chi connectivity index (χ3n) is 2.70. The van der Waals surface area contributed by atoms with Crippen LogP contribution in [0.2, 0.25) is 0 Å². The highest BCUT2D eigenvalue weighted by Crippen LogP contribution is 2.26. The summed E-state index contributed by atoms with van der Waals surface area (Å²) in [6.45, 7) is 4.21. The molecule has 0 aliphatic rings. The van der Waals surface area contributed by atoms with Crippen LogP contribution in [0.5, 0.6) is 0 Å². The van der Waals surface area contributed by atoms with Crippen molar-refractivity contribution in [2.24, 2.45) is 5.92 Å². The van der Waals surface area contributed by atoms with E-state index in [0.29, 0.717) is 11.6 Å². The number of thiophene rings is 1. The van der Waals surface area contributed by atoms with Gasteiger partial charge in [0, 0.05) is 15.5 Å². The lowest BCUT2D eigenvalue weighted by Gasteiger charge is -2.20. The predicted molar refractivity (Wildman–Crippen MR) is 77.9 cm³/mol. The number of carbonyl (C=O) groups is 1. The molecule has 96 valence electrons. The molecule has 1 unspecified atom stereocenters. The molecular weight excluding hydrogens is 312 g/mol. The number of aromatic nitrogens is 1. The van der Waals surface area contributed by atoms with Gasteiger partial charge >= 0.3 is 0 Å². The molecular formula is C13H15BrN2OS. The monoisotopic (exact) mass is 326 g/mol. The summed E-state index contributed by atoms with van der Waals surface area (Å²) < 4.78 is 0.880. The van der Waals surface area contributed by atoms with Gasteiger partial charge in [0.05, 0.1) is 6.04 Å². The average molecular weight is 327 g/mol. The van der Waals surface area contributed by atoms with Crippen LogP contribution in [0.1, 0.15) is 35.3 Å². The summed E-state index contributed by atoms with van der Waals surface area (Å²) in [6.07, 6.45) is 1.75. The Labute approximate surface area is 119 Å². The highest BCUT2D eigenvalue weighted by molar-refractivity contribution is 9.10. The van der Waals surface area contributed by atoms with E-state index in [1.165, 1.54) is 4.88 Å². The number of carbonyl (C=O) groups excluding carboxylic acids is 1. The largest absolute Gasteiger partial charge is 0.356 e. The lowest BCUT2D eigenvalue weighted by Crippen LogP contribution is -2.31. The van der Waals surface area contributed by atoms with Crippen molar-refractivity contribution in [2.75, 3.05) is 0 Å². The lowest BCUT2D eigenvalue weighted by atomic mass is 10.0. The van der Waals surface area contributed by atoms with Gasteiger partial charge < -0.3 is 10.3 Å². The molecule has 0 saturated heterocycles. The summed E-state index contributed by atoms with van der Waals surface area (Å²) in [4.78, 5) is 16.2. The summed E-state index contributed by atoms with van der Waals surface area (Å²) in [5, 5.41) is 5.10. The lowest BCUT2D eigenvalue weighted by molar-refractivity contribution is 0.0922. The first-order chi connectivity index (χ1) is 8.58. The van der Waals surface area contributed by atoms with Crippen LogP contribution in [0, 0.1) is 5.92 Å². The fourth-order valence-corrected chi connectivity index (χ4v) is 3.05. The summed E-state index contributed by atoms with van der Waals surface area (Å²) in [7, 11) is 0. The maximum Gasteiger partial charge on any atom is 0.268 e.